The summed E-state index contributed by atoms with van der Waals surface area (Å²) in [5.41, 5.74) is 0. The molecule has 96 valence electrons. The highest BCUT2D eigenvalue weighted by Gasteiger charge is 2.15. The molecule has 1 aliphatic heterocycles. The Balaban J connectivity index is 2.14. The van der Waals surface area contributed by atoms with E-state index in [-0.39, 0.29) is 0 Å². The zero-order valence-electron chi connectivity index (χ0n) is 11.1. The Morgan fingerprint density at radius 3 is 2.50 bits per heavy atom. The van der Waals surface area contributed by atoms with Crippen LogP contribution in [0.25, 0.3) is 0 Å². The van der Waals surface area contributed by atoms with Crippen molar-refractivity contribution in [3.63, 3.8) is 0 Å². The third kappa shape index (κ3) is 6.15. The standard InChI is InChI=1S/C14H29NS/c1-3-5-7-13(6-4-2)12-15-14-8-10-16-11-9-14/h13-15H,3-12H2,1-2H3. The number of unbranched alkanes of at least 4 members (excludes halogenated alkanes) is 1. The van der Waals surface area contributed by atoms with Gasteiger partial charge >= 0.3 is 0 Å². The van der Waals surface area contributed by atoms with Gasteiger partial charge in [-0.1, -0.05) is 33.1 Å². The van der Waals surface area contributed by atoms with E-state index < -0.39 is 0 Å². The molecule has 1 fully saturated rings. The minimum atomic E-state index is 0.822. The number of thioether (sulfide) groups is 1. The molecule has 1 unspecified atom stereocenters. The van der Waals surface area contributed by atoms with E-state index in [1.807, 2.05) is 0 Å². The lowest BCUT2D eigenvalue weighted by Crippen LogP contribution is -2.36. The van der Waals surface area contributed by atoms with Gasteiger partial charge in [-0.25, -0.2) is 0 Å². The number of hydrogen-bond donors (Lipinski definition) is 1. The van der Waals surface area contributed by atoms with Gasteiger partial charge in [0, 0.05) is 6.04 Å². The third-order valence-corrected chi connectivity index (χ3v) is 4.63. The Morgan fingerprint density at radius 1 is 1.12 bits per heavy atom. The molecule has 0 saturated carbocycles. The highest BCUT2D eigenvalue weighted by Crippen LogP contribution is 2.19. The van der Waals surface area contributed by atoms with Gasteiger partial charge < -0.3 is 5.32 Å². The van der Waals surface area contributed by atoms with Crippen LogP contribution < -0.4 is 5.32 Å². The lowest BCUT2D eigenvalue weighted by Gasteiger charge is -2.25. The zero-order chi connectivity index (χ0) is 11.6. The maximum atomic E-state index is 3.80. The summed E-state index contributed by atoms with van der Waals surface area (Å²) in [6.45, 7) is 5.88. The van der Waals surface area contributed by atoms with Crippen molar-refractivity contribution in [3.05, 3.63) is 0 Å². The van der Waals surface area contributed by atoms with Gasteiger partial charge in [0.25, 0.3) is 0 Å². The Labute approximate surface area is 106 Å². The molecule has 1 N–H and O–H groups in total. The lowest BCUT2D eigenvalue weighted by molar-refractivity contribution is 0.365. The van der Waals surface area contributed by atoms with E-state index in [1.165, 1.54) is 63.0 Å². The van der Waals surface area contributed by atoms with Crippen LogP contribution in [0.2, 0.25) is 0 Å². The first-order valence-electron chi connectivity index (χ1n) is 7.18. The molecular formula is C14H29NS. The molecule has 1 heterocycles. The van der Waals surface area contributed by atoms with Crippen LogP contribution in [0.3, 0.4) is 0 Å². The van der Waals surface area contributed by atoms with Crippen molar-refractivity contribution in [1.29, 1.82) is 0 Å². The summed E-state index contributed by atoms with van der Waals surface area (Å²) < 4.78 is 0. The van der Waals surface area contributed by atoms with Crippen molar-refractivity contribution in [1.82, 2.24) is 5.32 Å². The molecule has 0 radical (unpaired) electrons. The molecule has 16 heavy (non-hydrogen) atoms. The van der Waals surface area contributed by atoms with Crippen molar-refractivity contribution >= 4 is 11.8 Å². The van der Waals surface area contributed by atoms with Gasteiger partial charge in [0.15, 0.2) is 0 Å². The topological polar surface area (TPSA) is 12.0 Å². The molecule has 1 aliphatic rings. The van der Waals surface area contributed by atoms with Crippen molar-refractivity contribution in [3.8, 4) is 0 Å². The Morgan fingerprint density at radius 2 is 1.88 bits per heavy atom. The summed E-state index contributed by atoms with van der Waals surface area (Å²) in [5, 5.41) is 3.80. The van der Waals surface area contributed by atoms with E-state index in [4.69, 9.17) is 0 Å². The fraction of sp³-hybridized carbons (Fsp3) is 1.00. The summed E-state index contributed by atoms with van der Waals surface area (Å²) in [6, 6.07) is 0.822. The normalized spacial score (nSPS) is 19.9. The monoisotopic (exact) mass is 243 g/mol. The average Bonchev–Trinajstić information content (AvgIpc) is 2.34. The lowest BCUT2D eigenvalue weighted by atomic mass is 9.96. The minimum Gasteiger partial charge on any atom is -0.314 e. The van der Waals surface area contributed by atoms with E-state index in [0.717, 1.165) is 12.0 Å². The minimum absolute atomic E-state index is 0.822. The van der Waals surface area contributed by atoms with E-state index >= 15 is 0 Å². The first kappa shape index (κ1) is 14.4. The molecule has 1 rings (SSSR count). The second-order valence-corrected chi connectivity index (χ2v) is 6.32. The molecule has 0 spiro atoms. The molecule has 1 nitrogen and oxygen atoms in total. The quantitative estimate of drug-likeness (QED) is 0.689. The molecule has 0 aromatic carbocycles. The first-order chi connectivity index (χ1) is 7.86. The second-order valence-electron chi connectivity index (χ2n) is 5.09. The number of nitrogens with one attached hydrogen (secondary N) is 1. The largest absolute Gasteiger partial charge is 0.314 e. The summed E-state index contributed by atoms with van der Waals surface area (Å²) in [7, 11) is 0. The summed E-state index contributed by atoms with van der Waals surface area (Å²) in [5.74, 6) is 3.66. The second kappa shape index (κ2) is 9.35. The van der Waals surface area contributed by atoms with Crippen LogP contribution in [-0.2, 0) is 0 Å². The molecule has 0 bridgehead atoms. The maximum Gasteiger partial charge on any atom is 0.00828 e. The fourth-order valence-electron chi connectivity index (χ4n) is 2.48. The van der Waals surface area contributed by atoms with E-state index in [0.29, 0.717) is 0 Å². The Hall–Kier alpha value is 0.310. The van der Waals surface area contributed by atoms with Gasteiger partial charge in [-0.2, -0.15) is 11.8 Å². The smallest absolute Gasteiger partial charge is 0.00828 e. The van der Waals surface area contributed by atoms with Crippen LogP contribution in [0.4, 0.5) is 0 Å². The van der Waals surface area contributed by atoms with Crippen LogP contribution >= 0.6 is 11.8 Å². The Bertz CT molecular complexity index is 155. The average molecular weight is 243 g/mol. The van der Waals surface area contributed by atoms with Gasteiger partial charge in [0.2, 0.25) is 0 Å². The number of rotatable bonds is 8. The van der Waals surface area contributed by atoms with Gasteiger partial charge in [-0.3, -0.25) is 0 Å². The highest BCUT2D eigenvalue weighted by molar-refractivity contribution is 7.99. The maximum absolute atomic E-state index is 3.80. The van der Waals surface area contributed by atoms with E-state index in [2.05, 4.69) is 30.9 Å². The molecule has 2 heteroatoms. The van der Waals surface area contributed by atoms with Crippen LogP contribution in [-0.4, -0.2) is 24.1 Å². The number of hydrogen-bond acceptors (Lipinski definition) is 2. The summed E-state index contributed by atoms with van der Waals surface area (Å²) >= 11 is 2.12. The van der Waals surface area contributed by atoms with Crippen LogP contribution in [0.15, 0.2) is 0 Å². The van der Waals surface area contributed by atoms with Gasteiger partial charge in [0.1, 0.15) is 0 Å². The third-order valence-electron chi connectivity index (χ3n) is 3.58. The van der Waals surface area contributed by atoms with E-state index in [1.54, 1.807) is 0 Å². The van der Waals surface area contributed by atoms with Gasteiger partial charge in [-0.15, -0.1) is 0 Å². The predicted octanol–water partition coefficient (Wildman–Crippen LogP) is 4.08. The van der Waals surface area contributed by atoms with Gasteiger partial charge in [-0.05, 0) is 49.7 Å². The van der Waals surface area contributed by atoms with Crippen molar-refractivity contribution in [2.75, 3.05) is 18.1 Å². The summed E-state index contributed by atoms with van der Waals surface area (Å²) in [4.78, 5) is 0. The van der Waals surface area contributed by atoms with Crippen molar-refractivity contribution < 1.29 is 0 Å². The molecule has 0 amide bonds. The molecule has 1 atom stereocenters. The highest BCUT2D eigenvalue weighted by atomic mass is 32.2. The van der Waals surface area contributed by atoms with Crippen LogP contribution in [0, 0.1) is 5.92 Å². The van der Waals surface area contributed by atoms with Crippen molar-refractivity contribution in [2.45, 2.75) is 64.8 Å². The molecular weight excluding hydrogens is 214 g/mol. The summed E-state index contributed by atoms with van der Waals surface area (Å²) in [6.07, 6.45) is 9.71. The molecule has 0 aromatic rings. The molecule has 0 aromatic heterocycles. The molecule has 0 aliphatic carbocycles. The zero-order valence-corrected chi connectivity index (χ0v) is 12.0. The Kier molecular flexibility index (Phi) is 8.40. The first-order valence-corrected chi connectivity index (χ1v) is 8.33. The van der Waals surface area contributed by atoms with E-state index in [9.17, 15) is 0 Å². The SMILES string of the molecule is CCCCC(CCC)CNC1CCSCC1. The van der Waals surface area contributed by atoms with Crippen molar-refractivity contribution in [2.24, 2.45) is 5.92 Å². The predicted molar refractivity (Wildman–Crippen MR) is 76.3 cm³/mol. The van der Waals surface area contributed by atoms with Crippen LogP contribution in [0.5, 0.6) is 0 Å². The fourth-order valence-corrected chi connectivity index (χ4v) is 3.59. The van der Waals surface area contributed by atoms with Crippen LogP contribution in [0.1, 0.15) is 58.8 Å². The molecule has 1 saturated heterocycles. The van der Waals surface area contributed by atoms with Gasteiger partial charge in [0.05, 0.1) is 0 Å².